The van der Waals surface area contributed by atoms with Crippen molar-refractivity contribution in [2.24, 2.45) is 0 Å². The van der Waals surface area contributed by atoms with Crippen LogP contribution in [0.4, 0.5) is 5.69 Å². The second-order valence-electron chi connectivity index (χ2n) is 4.26. The summed E-state index contributed by atoms with van der Waals surface area (Å²) >= 11 is 1.34. The van der Waals surface area contributed by atoms with Crippen LogP contribution in [-0.2, 0) is 0 Å². The number of imidazole rings is 1. The number of aryl methyl sites for hydroxylation is 1. The van der Waals surface area contributed by atoms with Crippen LogP contribution in [0.25, 0.3) is 4.96 Å². The lowest BCUT2D eigenvalue weighted by Crippen LogP contribution is -1.98. The number of benzene rings is 1. The summed E-state index contributed by atoms with van der Waals surface area (Å²) in [6, 6.07) is 4.75. The molecule has 2 heterocycles. The van der Waals surface area contributed by atoms with E-state index in [1.807, 2.05) is 0 Å². The van der Waals surface area contributed by atoms with Crippen molar-refractivity contribution in [1.82, 2.24) is 9.38 Å². The van der Waals surface area contributed by atoms with Gasteiger partial charge in [0, 0.05) is 17.1 Å². The SMILES string of the molecule is Cc1cccc(Oc2nc3sccn3c2C=O)c1[N+](=O)[O-]. The Morgan fingerprint density at radius 1 is 1.48 bits per heavy atom. The second kappa shape index (κ2) is 4.98. The number of thiazole rings is 1. The molecule has 106 valence electrons. The van der Waals surface area contributed by atoms with E-state index in [9.17, 15) is 14.9 Å². The number of carbonyl (C=O) groups is 1. The van der Waals surface area contributed by atoms with Gasteiger partial charge in [0.15, 0.2) is 16.9 Å². The monoisotopic (exact) mass is 303 g/mol. The fraction of sp³-hybridized carbons (Fsp3) is 0.0769. The number of fused-ring (bicyclic) bond motifs is 1. The zero-order valence-corrected chi connectivity index (χ0v) is 11.7. The van der Waals surface area contributed by atoms with Crippen LogP contribution < -0.4 is 4.74 Å². The molecule has 0 N–H and O–H groups in total. The summed E-state index contributed by atoms with van der Waals surface area (Å²) in [5.74, 6) is 0.124. The number of nitrogens with zero attached hydrogens (tertiary/aromatic N) is 3. The Balaban J connectivity index is 2.10. The lowest BCUT2D eigenvalue weighted by Gasteiger charge is -2.05. The van der Waals surface area contributed by atoms with E-state index < -0.39 is 4.92 Å². The highest BCUT2D eigenvalue weighted by atomic mass is 32.1. The van der Waals surface area contributed by atoms with E-state index >= 15 is 0 Å². The average Bonchev–Trinajstić information content (AvgIpc) is 2.98. The third kappa shape index (κ3) is 2.15. The molecule has 7 nitrogen and oxygen atoms in total. The highest BCUT2D eigenvalue weighted by Crippen LogP contribution is 2.35. The molecule has 0 aliphatic carbocycles. The minimum absolute atomic E-state index is 0.0607. The first-order valence-corrected chi connectivity index (χ1v) is 6.82. The van der Waals surface area contributed by atoms with E-state index in [2.05, 4.69) is 4.98 Å². The third-order valence-corrected chi connectivity index (χ3v) is 3.72. The normalized spacial score (nSPS) is 10.7. The van der Waals surface area contributed by atoms with E-state index in [1.54, 1.807) is 35.0 Å². The summed E-state index contributed by atoms with van der Waals surface area (Å²) in [6.07, 6.45) is 2.30. The van der Waals surface area contributed by atoms with Crippen LogP contribution in [0.1, 0.15) is 16.1 Å². The van der Waals surface area contributed by atoms with Crippen molar-refractivity contribution in [1.29, 1.82) is 0 Å². The quantitative estimate of drug-likeness (QED) is 0.419. The molecule has 0 amide bonds. The first kappa shape index (κ1) is 13.3. The van der Waals surface area contributed by atoms with Gasteiger partial charge >= 0.3 is 5.69 Å². The van der Waals surface area contributed by atoms with Crippen molar-refractivity contribution in [3.8, 4) is 11.6 Å². The molecule has 0 unspecified atom stereocenters. The van der Waals surface area contributed by atoms with E-state index in [4.69, 9.17) is 4.74 Å². The molecular formula is C13H9N3O4S. The van der Waals surface area contributed by atoms with Gasteiger partial charge in [-0.2, -0.15) is 4.98 Å². The molecule has 0 saturated heterocycles. The smallest absolute Gasteiger partial charge is 0.314 e. The topological polar surface area (TPSA) is 86.7 Å². The Hall–Kier alpha value is -2.74. The largest absolute Gasteiger partial charge is 0.430 e. The highest BCUT2D eigenvalue weighted by Gasteiger charge is 2.22. The minimum Gasteiger partial charge on any atom is -0.430 e. The van der Waals surface area contributed by atoms with Gasteiger partial charge in [0.05, 0.1) is 4.92 Å². The van der Waals surface area contributed by atoms with Gasteiger partial charge in [-0.25, -0.2) is 0 Å². The van der Waals surface area contributed by atoms with Gasteiger partial charge in [-0.05, 0) is 13.0 Å². The number of rotatable bonds is 4. The van der Waals surface area contributed by atoms with Crippen molar-refractivity contribution < 1.29 is 14.5 Å². The number of para-hydroxylation sites is 1. The van der Waals surface area contributed by atoms with Crippen LogP contribution in [0.15, 0.2) is 29.8 Å². The predicted molar refractivity (Wildman–Crippen MR) is 76.4 cm³/mol. The Kier molecular flexibility index (Phi) is 3.15. The van der Waals surface area contributed by atoms with Crippen LogP contribution in [0, 0.1) is 17.0 Å². The Bertz CT molecular complexity index is 852. The van der Waals surface area contributed by atoms with Crippen molar-refractivity contribution in [3.63, 3.8) is 0 Å². The molecule has 0 atom stereocenters. The fourth-order valence-electron chi connectivity index (χ4n) is 2.02. The summed E-state index contributed by atoms with van der Waals surface area (Å²) in [7, 11) is 0. The van der Waals surface area contributed by atoms with Crippen LogP contribution in [0.2, 0.25) is 0 Å². The van der Waals surface area contributed by atoms with Gasteiger partial charge < -0.3 is 4.74 Å². The standard InChI is InChI=1S/C13H9N3O4S/c1-8-3-2-4-10(11(8)16(18)19)20-12-9(7-17)15-5-6-21-13(15)14-12/h2-7H,1H3. The van der Waals surface area contributed by atoms with Crippen molar-refractivity contribution >= 4 is 28.3 Å². The van der Waals surface area contributed by atoms with E-state index in [0.717, 1.165) is 0 Å². The molecule has 3 aromatic rings. The van der Waals surface area contributed by atoms with Crippen LogP contribution in [0.5, 0.6) is 11.6 Å². The lowest BCUT2D eigenvalue weighted by molar-refractivity contribution is -0.386. The van der Waals surface area contributed by atoms with E-state index in [-0.39, 0.29) is 23.0 Å². The molecular weight excluding hydrogens is 294 g/mol. The van der Waals surface area contributed by atoms with Gasteiger partial charge in [-0.3, -0.25) is 19.3 Å². The fourth-order valence-corrected chi connectivity index (χ4v) is 2.73. The van der Waals surface area contributed by atoms with Crippen LogP contribution >= 0.6 is 11.3 Å². The molecule has 2 aromatic heterocycles. The molecule has 0 radical (unpaired) electrons. The van der Waals surface area contributed by atoms with Gasteiger partial charge in [0.25, 0.3) is 0 Å². The number of ether oxygens (including phenoxy) is 1. The molecule has 0 aliphatic rings. The molecule has 3 rings (SSSR count). The lowest BCUT2D eigenvalue weighted by atomic mass is 10.2. The molecule has 0 spiro atoms. The van der Waals surface area contributed by atoms with Crippen molar-refractivity contribution in [2.45, 2.75) is 6.92 Å². The molecule has 0 fully saturated rings. The maximum atomic E-state index is 11.2. The van der Waals surface area contributed by atoms with Gasteiger partial charge in [-0.15, -0.1) is 11.3 Å². The van der Waals surface area contributed by atoms with E-state index in [1.165, 1.54) is 17.4 Å². The molecule has 21 heavy (non-hydrogen) atoms. The number of aromatic nitrogens is 2. The molecule has 0 bridgehead atoms. The molecule has 0 aliphatic heterocycles. The van der Waals surface area contributed by atoms with Crippen LogP contribution in [0.3, 0.4) is 0 Å². The zero-order valence-electron chi connectivity index (χ0n) is 10.8. The average molecular weight is 303 g/mol. The van der Waals surface area contributed by atoms with Gasteiger partial charge in [0.2, 0.25) is 11.6 Å². The summed E-state index contributed by atoms with van der Waals surface area (Å²) < 4.78 is 7.10. The maximum absolute atomic E-state index is 11.2. The Morgan fingerprint density at radius 2 is 2.29 bits per heavy atom. The van der Waals surface area contributed by atoms with E-state index in [0.29, 0.717) is 16.8 Å². The highest BCUT2D eigenvalue weighted by molar-refractivity contribution is 7.15. The number of carbonyl (C=O) groups excluding carboxylic acids is 1. The predicted octanol–water partition coefficient (Wildman–Crippen LogP) is 3.22. The van der Waals surface area contributed by atoms with Gasteiger partial charge in [-0.1, -0.05) is 12.1 Å². The summed E-state index contributed by atoms with van der Waals surface area (Å²) in [4.78, 5) is 26.6. The van der Waals surface area contributed by atoms with Gasteiger partial charge in [0.1, 0.15) is 0 Å². The van der Waals surface area contributed by atoms with Crippen molar-refractivity contribution in [3.05, 3.63) is 51.1 Å². The molecule has 0 saturated carbocycles. The molecule has 1 aromatic carbocycles. The zero-order chi connectivity index (χ0) is 15.0. The molecule has 8 heteroatoms. The Labute approximate surface area is 122 Å². The Morgan fingerprint density at radius 3 is 3.00 bits per heavy atom. The minimum atomic E-state index is -0.510. The third-order valence-electron chi connectivity index (χ3n) is 2.97. The number of hydrogen-bond acceptors (Lipinski definition) is 6. The first-order valence-electron chi connectivity index (χ1n) is 5.94. The van der Waals surface area contributed by atoms with Crippen LogP contribution in [-0.4, -0.2) is 20.6 Å². The number of aldehydes is 1. The summed E-state index contributed by atoms with van der Waals surface area (Å²) in [5, 5.41) is 12.9. The number of hydrogen-bond donors (Lipinski definition) is 0. The number of nitro groups is 1. The van der Waals surface area contributed by atoms with Crippen molar-refractivity contribution in [2.75, 3.05) is 0 Å². The first-order chi connectivity index (χ1) is 10.1. The maximum Gasteiger partial charge on any atom is 0.314 e. The number of nitro benzene ring substituents is 1. The second-order valence-corrected chi connectivity index (χ2v) is 5.13. The summed E-state index contributed by atoms with van der Waals surface area (Å²) in [6.45, 7) is 1.62. The summed E-state index contributed by atoms with van der Waals surface area (Å²) in [5.41, 5.74) is 0.568.